The predicted octanol–water partition coefficient (Wildman–Crippen LogP) is 5.93. The molecule has 0 aromatic heterocycles. The van der Waals surface area contributed by atoms with E-state index in [1.54, 1.807) is 6.07 Å². The van der Waals surface area contributed by atoms with Crippen LogP contribution in [0.15, 0.2) is 24.3 Å². The second kappa shape index (κ2) is 9.47. The van der Waals surface area contributed by atoms with E-state index in [2.05, 4.69) is 20.4 Å². The van der Waals surface area contributed by atoms with E-state index in [-0.39, 0.29) is 23.4 Å². The van der Waals surface area contributed by atoms with E-state index >= 15 is 4.39 Å². The maximum Gasteiger partial charge on any atom is 0.305 e. The van der Waals surface area contributed by atoms with Gasteiger partial charge in [-0.05, 0) is 74.8 Å². The van der Waals surface area contributed by atoms with Crippen LogP contribution in [0.3, 0.4) is 0 Å². The largest absolute Gasteiger partial charge is 0.493 e. The van der Waals surface area contributed by atoms with Gasteiger partial charge in [0.05, 0.1) is 18.6 Å². The van der Waals surface area contributed by atoms with Gasteiger partial charge in [0.2, 0.25) is 0 Å². The van der Waals surface area contributed by atoms with E-state index in [9.17, 15) is 9.59 Å². The van der Waals surface area contributed by atoms with Gasteiger partial charge in [0, 0.05) is 24.1 Å². The number of hydrogen-bond acceptors (Lipinski definition) is 3. The average Bonchev–Trinajstić information content (AvgIpc) is 3.49. The van der Waals surface area contributed by atoms with Gasteiger partial charge in [0.25, 0.3) is 5.91 Å². The van der Waals surface area contributed by atoms with Crippen LogP contribution in [0.25, 0.3) is 0 Å². The molecule has 1 aliphatic heterocycles. The van der Waals surface area contributed by atoms with Crippen molar-refractivity contribution in [3.05, 3.63) is 41.2 Å². The van der Waals surface area contributed by atoms with Crippen LogP contribution in [-0.4, -0.2) is 41.1 Å². The monoisotopic (exact) mass is 457 g/mol. The number of benzene rings is 1. The lowest BCUT2D eigenvalue weighted by atomic mass is 9.67. The average molecular weight is 458 g/mol. The minimum absolute atomic E-state index is 0.0140. The second-order valence-electron chi connectivity index (χ2n) is 10.6. The van der Waals surface area contributed by atoms with E-state index in [0.717, 1.165) is 50.5 Å². The van der Waals surface area contributed by atoms with E-state index in [0.29, 0.717) is 37.2 Å². The van der Waals surface area contributed by atoms with Crippen molar-refractivity contribution in [3.63, 3.8) is 0 Å². The number of ether oxygens (including phenoxy) is 1. The van der Waals surface area contributed by atoms with Gasteiger partial charge >= 0.3 is 5.97 Å². The Balaban J connectivity index is 1.56. The quantitative estimate of drug-likeness (QED) is 0.491. The summed E-state index contributed by atoms with van der Waals surface area (Å²) in [5, 5.41) is 9.17. The number of carbonyl (C=O) groups is 2. The van der Waals surface area contributed by atoms with Crippen molar-refractivity contribution in [1.29, 1.82) is 0 Å². The Morgan fingerprint density at radius 1 is 1.30 bits per heavy atom. The van der Waals surface area contributed by atoms with Gasteiger partial charge in [0.1, 0.15) is 11.6 Å². The summed E-state index contributed by atoms with van der Waals surface area (Å²) in [6.07, 6.45) is 7.33. The number of rotatable bonds is 8. The number of hydrogen-bond donors (Lipinski definition) is 1. The third-order valence-electron chi connectivity index (χ3n) is 7.72. The summed E-state index contributed by atoms with van der Waals surface area (Å²) < 4.78 is 21.5. The molecule has 2 aliphatic carbocycles. The third-order valence-corrected chi connectivity index (χ3v) is 7.72. The van der Waals surface area contributed by atoms with Crippen LogP contribution in [0.2, 0.25) is 0 Å². The molecule has 1 amide bonds. The summed E-state index contributed by atoms with van der Waals surface area (Å²) in [5.74, 6) is -0.537. The van der Waals surface area contributed by atoms with Crippen molar-refractivity contribution in [2.24, 2.45) is 11.3 Å². The fourth-order valence-electron chi connectivity index (χ4n) is 5.94. The van der Waals surface area contributed by atoms with Crippen molar-refractivity contribution < 1.29 is 23.8 Å². The summed E-state index contributed by atoms with van der Waals surface area (Å²) in [4.78, 5) is 25.9. The van der Waals surface area contributed by atoms with Gasteiger partial charge in [-0.15, -0.1) is 0 Å². The maximum atomic E-state index is 15.2. The van der Waals surface area contributed by atoms with Crippen LogP contribution < -0.4 is 4.74 Å². The van der Waals surface area contributed by atoms with Crippen LogP contribution >= 0.6 is 0 Å². The zero-order valence-corrected chi connectivity index (χ0v) is 19.9. The van der Waals surface area contributed by atoms with Gasteiger partial charge in [0.15, 0.2) is 0 Å². The Kier molecular flexibility index (Phi) is 6.83. The van der Waals surface area contributed by atoms with Crippen LogP contribution in [0.5, 0.6) is 5.75 Å². The number of carboxylic acid groups (broad SMARTS) is 1. The Labute approximate surface area is 196 Å². The van der Waals surface area contributed by atoms with Gasteiger partial charge in [-0.25, -0.2) is 4.39 Å². The number of nitrogens with zero attached hydrogens (tertiary/aromatic N) is 1. The molecule has 0 spiro atoms. The molecular formula is C27H36FNO4. The minimum atomic E-state index is -0.938. The summed E-state index contributed by atoms with van der Waals surface area (Å²) in [5.41, 5.74) is 2.21. The van der Waals surface area contributed by atoms with E-state index < -0.39 is 17.7 Å². The summed E-state index contributed by atoms with van der Waals surface area (Å²) in [6.45, 7) is 9.65. The molecule has 180 valence electrons. The molecule has 5 nitrogen and oxygen atoms in total. The summed E-state index contributed by atoms with van der Waals surface area (Å²) >= 11 is 0. The standard InChI is InChI=1S/C27H36FNO4/c1-4-27(14-17(2)10-18(3)15-27)16-33-24-13-23(28)22(12-21(24)19-7-8-19)26(32)29-9-5-6-20(29)11-25(30)31/h12-13,18-20H,2,4-11,14-16H2,1,3H3,(H,30,31)/t18?,20-,27?/m0/s1. The molecule has 3 fully saturated rings. The highest BCUT2D eigenvalue weighted by molar-refractivity contribution is 5.95. The van der Waals surface area contributed by atoms with Crippen LogP contribution in [-0.2, 0) is 4.79 Å². The summed E-state index contributed by atoms with van der Waals surface area (Å²) in [6, 6.07) is 2.68. The van der Waals surface area contributed by atoms with Crippen molar-refractivity contribution in [2.45, 2.75) is 83.6 Å². The van der Waals surface area contributed by atoms with Crippen molar-refractivity contribution in [3.8, 4) is 5.75 Å². The van der Waals surface area contributed by atoms with Gasteiger partial charge in [-0.1, -0.05) is 26.0 Å². The number of allylic oxidation sites excluding steroid dienone is 1. The first-order chi connectivity index (χ1) is 15.7. The Morgan fingerprint density at radius 3 is 2.70 bits per heavy atom. The van der Waals surface area contributed by atoms with Crippen molar-refractivity contribution in [2.75, 3.05) is 13.2 Å². The van der Waals surface area contributed by atoms with Gasteiger partial charge in [-0.2, -0.15) is 0 Å². The van der Waals surface area contributed by atoms with E-state index in [1.165, 1.54) is 16.5 Å². The van der Waals surface area contributed by atoms with Crippen LogP contribution in [0, 0.1) is 17.2 Å². The highest BCUT2D eigenvalue weighted by atomic mass is 19.1. The molecule has 6 heteroatoms. The van der Waals surface area contributed by atoms with Crippen molar-refractivity contribution >= 4 is 11.9 Å². The molecule has 1 heterocycles. The van der Waals surface area contributed by atoms with E-state index in [1.807, 2.05) is 0 Å². The number of likely N-dealkylation sites (tertiary alicyclic amines) is 1. The number of halogens is 1. The number of aliphatic carboxylic acids is 1. The molecule has 3 aliphatic rings. The third kappa shape index (κ3) is 5.25. The highest BCUT2D eigenvalue weighted by Crippen LogP contribution is 2.48. The Bertz CT molecular complexity index is 940. The molecule has 1 aromatic carbocycles. The zero-order chi connectivity index (χ0) is 23.8. The minimum Gasteiger partial charge on any atom is -0.493 e. The topological polar surface area (TPSA) is 66.8 Å². The number of carboxylic acids is 1. The molecule has 4 rings (SSSR count). The van der Waals surface area contributed by atoms with Gasteiger partial charge < -0.3 is 14.7 Å². The van der Waals surface area contributed by atoms with Crippen molar-refractivity contribution in [1.82, 2.24) is 4.90 Å². The Morgan fingerprint density at radius 2 is 2.06 bits per heavy atom. The molecule has 33 heavy (non-hydrogen) atoms. The molecule has 1 N–H and O–H groups in total. The lowest BCUT2D eigenvalue weighted by Crippen LogP contribution is -2.37. The zero-order valence-electron chi connectivity index (χ0n) is 19.9. The molecule has 3 atom stereocenters. The lowest BCUT2D eigenvalue weighted by Gasteiger charge is -2.40. The maximum absolute atomic E-state index is 15.2. The summed E-state index contributed by atoms with van der Waals surface area (Å²) in [7, 11) is 0. The number of carbonyl (C=O) groups excluding carboxylic acids is 1. The SMILES string of the molecule is C=C1CC(C)CC(CC)(COc2cc(F)c(C(=O)N3CCC[C@H]3CC(=O)O)cc2C2CC2)C1. The molecule has 1 saturated heterocycles. The molecular weight excluding hydrogens is 421 g/mol. The predicted molar refractivity (Wildman–Crippen MR) is 125 cm³/mol. The molecule has 0 bridgehead atoms. The van der Waals surface area contributed by atoms with Crippen LogP contribution in [0.4, 0.5) is 4.39 Å². The normalized spacial score (nSPS) is 27.6. The first-order valence-corrected chi connectivity index (χ1v) is 12.4. The smallest absolute Gasteiger partial charge is 0.305 e. The fourth-order valence-corrected chi connectivity index (χ4v) is 5.94. The Hall–Kier alpha value is -2.37. The molecule has 1 aromatic rings. The fraction of sp³-hybridized carbons (Fsp3) is 0.630. The molecule has 2 saturated carbocycles. The number of amides is 1. The van der Waals surface area contributed by atoms with E-state index in [4.69, 9.17) is 9.84 Å². The second-order valence-corrected chi connectivity index (χ2v) is 10.6. The lowest BCUT2D eigenvalue weighted by molar-refractivity contribution is -0.137. The highest BCUT2D eigenvalue weighted by Gasteiger charge is 2.38. The molecule has 0 radical (unpaired) electrons. The van der Waals surface area contributed by atoms with Gasteiger partial charge in [-0.3, -0.25) is 9.59 Å². The first kappa shape index (κ1) is 23.8. The van der Waals surface area contributed by atoms with Crippen LogP contribution in [0.1, 0.15) is 93.5 Å². The molecule has 2 unspecified atom stereocenters. The first-order valence-electron chi connectivity index (χ1n) is 12.4.